The molecule has 0 aliphatic carbocycles. The molecule has 0 aliphatic heterocycles. The fourth-order valence-electron chi connectivity index (χ4n) is 1.32. The lowest BCUT2D eigenvalue weighted by molar-refractivity contribution is -0.875. The molecule has 0 aliphatic rings. The molecule has 0 aromatic carbocycles. The maximum Gasteiger partial charge on any atom is 0.176 e. The van der Waals surface area contributed by atoms with Gasteiger partial charge in [-0.3, -0.25) is 4.79 Å². The highest BCUT2D eigenvalue weighted by molar-refractivity contribution is 5.88. The highest BCUT2D eigenvalue weighted by atomic mass is 16.4. The molecule has 1 N–H and O–H groups in total. The molecule has 0 amide bonds. The number of carbonyl (C=O) groups excluding carboxylic acids is 2. The zero-order valence-corrected chi connectivity index (χ0v) is 9.03. The van der Waals surface area contributed by atoms with Crippen LogP contribution in [-0.2, 0) is 9.59 Å². The Balaban J connectivity index is 4.73. The van der Waals surface area contributed by atoms with Gasteiger partial charge in [0.15, 0.2) is 11.4 Å². The molecule has 82 valence electrons. The zero-order valence-electron chi connectivity index (χ0n) is 9.03. The van der Waals surface area contributed by atoms with E-state index < -0.39 is 23.8 Å². The van der Waals surface area contributed by atoms with Crippen LogP contribution in [0.1, 0.15) is 13.3 Å². The second-order valence-corrected chi connectivity index (χ2v) is 4.58. The number of quaternary nitrogens is 1. The van der Waals surface area contributed by atoms with E-state index in [1.165, 1.54) is 6.92 Å². The fourth-order valence-corrected chi connectivity index (χ4v) is 1.32. The third-order valence-electron chi connectivity index (χ3n) is 1.83. The number of Topliss-reactive ketones (excluding diaryl/α,β-unsaturated/α-hetero) is 1. The Kier molecular flexibility index (Phi) is 3.79. The van der Waals surface area contributed by atoms with E-state index in [0.717, 1.165) is 0 Å². The van der Waals surface area contributed by atoms with Crippen molar-refractivity contribution in [3.63, 3.8) is 0 Å². The highest BCUT2D eigenvalue weighted by Gasteiger charge is 2.38. The van der Waals surface area contributed by atoms with E-state index in [1.54, 1.807) is 21.1 Å². The Morgan fingerprint density at radius 2 is 1.79 bits per heavy atom. The maximum absolute atomic E-state index is 11.1. The van der Waals surface area contributed by atoms with Crippen LogP contribution in [0.25, 0.3) is 0 Å². The minimum Gasteiger partial charge on any atom is -0.550 e. The minimum absolute atomic E-state index is 0.0519. The van der Waals surface area contributed by atoms with Crippen molar-refractivity contribution in [2.24, 2.45) is 0 Å². The van der Waals surface area contributed by atoms with E-state index in [2.05, 4.69) is 0 Å². The predicted octanol–water partition coefficient (Wildman–Crippen LogP) is -1.85. The Labute approximate surface area is 83.5 Å². The molecule has 0 spiro atoms. The van der Waals surface area contributed by atoms with Gasteiger partial charge in [-0.2, -0.15) is 0 Å². The third kappa shape index (κ3) is 4.34. The Morgan fingerprint density at radius 1 is 1.36 bits per heavy atom. The summed E-state index contributed by atoms with van der Waals surface area (Å²) in [4.78, 5) is 21.5. The molecule has 0 rings (SSSR count). The summed E-state index contributed by atoms with van der Waals surface area (Å²) in [5, 5.41) is 20.2. The fraction of sp³-hybridized carbons (Fsp3) is 0.778. The molecule has 5 nitrogen and oxygen atoms in total. The summed E-state index contributed by atoms with van der Waals surface area (Å²) in [5.41, 5.74) is -1.82. The number of carbonyl (C=O) groups is 2. The molecule has 0 aromatic heterocycles. The zero-order chi connectivity index (χ0) is 11.6. The molecule has 0 aromatic rings. The van der Waals surface area contributed by atoms with Gasteiger partial charge in [0.05, 0.1) is 21.1 Å². The summed E-state index contributed by atoms with van der Waals surface area (Å²) >= 11 is 0. The van der Waals surface area contributed by atoms with Crippen LogP contribution in [-0.4, -0.2) is 54.6 Å². The molecule has 1 unspecified atom stereocenters. The summed E-state index contributed by atoms with van der Waals surface area (Å²) in [7, 11) is 5.30. The number of nitrogens with zero attached hydrogens (tertiary/aromatic N) is 1. The average Bonchev–Trinajstić information content (AvgIpc) is 1.79. The van der Waals surface area contributed by atoms with Gasteiger partial charge in [-0.1, -0.05) is 0 Å². The topological polar surface area (TPSA) is 77.4 Å². The highest BCUT2D eigenvalue weighted by Crippen LogP contribution is 2.15. The van der Waals surface area contributed by atoms with Crippen LogP contribution in [0.4, 0.5) is 0 Å². The molecule has 1 atom stereocenters. The van der Waals surface area contributed by atoms with Crippen LogP contribution in [0.5, 0.6) is 0 Å². The molecule has 0 saturated heterocycles. The predicted molar refractivity (Wildman–Crippen MR) is 48.2 cm³/mol. The van der Waals surface area contributed by atoms with Crippen molar-refractivity contribution in [2.45, 2.75) is 18.9 Å². The van der Waals surface area contributed by atoms with Crippen molar-refractivity contribution < 1.29 is 24.3 Å². The van der Waals surface area contributed by atoms with Crippen LogP contribution in [0, 0.1) is 0 Å². The Hall–Kier alpha value is -0.940. The van der Waals surface area contributed by atoms with Crippen molar-refractivity contribution in [1.82, 2.24) is 0 Å². The first-order valence-corrected chi connectivity index (χ1v) is 4.30. The molecule has 0 fully saturated rings. The SMILES string of the molecule is C[11C](=O)C(O)(CC(=O)[O-])C[N+](C)(C)C. The second-order valence-electron chi connectivity index (χ2n) is 4.58. The van der Waals surface area contributed by atoms with Gasteiger partial charge < -0.3 is 19.5 Å². The summed E-state index contributed by atoms with van der Waals surface area (Å²) in [6.45, 7) is 1.23. The Bertz CT molecular complexity index is 244. The summed E-state index contributed by atoms with van der Waals surface area (Å²) in [6.07, 6.45) is -0.655. The smallest absolute Gasteiger partial charge is 0.176 e. The van der Waals surface area contributed by atoms with Gasteiger partial charge in [-0.25, -0.2) is 0 Å². The van der Waals surface area contributed by atoms with Crippen molar-refractivity contribution in [2.75, 3.05) is 27.7 Å². The van der Waals surface area contributed by atoms with E-state index in [-0.39, 0.29) is 6.54 Å². The number of carboxylic acid groups (broad SMARTS) is 1. The number of hydrogen-bond donors (Lipinski definition) is 1. The van der Waals surface area contributed by atoms with Gasteiger partial charge in [0.1, 0.15) is 6.54 Å². The molecule has 0 radical (unpaired) electrons. The van der Waals surface area contributed by atoms with E-state index in [1.807, 2.05) is 0 Å². The van der Waals surface area contributed by atoms with Crippen molar-refractivity contribution in [1.29, 1.82) is 0 Å². The van der Waals surface area contributed by atoms with Crippen LogP contribution in [0.2, 0.25) is 0 Å². The maximum atomic E-state index is 11.1. The first kappa shape index (κ1) is 13.1. The lowest BCUT2D eigenvalue weighted by Crippen LogP contribution is -2.55. The van der Waals surface area contributed by atoms with Gasteiger partial charge in [-0.15, -0.1) is 0 Å². The van der Waals surface area contributed by atoms with Crippen LogP contribution in [0.15, 0.2) is 0 Å². The van der Waals surface area contributed by atoms with Crippen molar-refractivity contribution in [3.05, 3.63) is 0 Å². The van der Waals surface area contributed by atoms with Gasteiger partial charge in [0, 0.05) is 12.4 Å². The molecule has 0 heterocycles. The average molecular weight is 202 g/mol. The van der Waals surface area contributed by atoms with E-state index in [4.69, 9.17) is 0 Å². The normalized spacial score (nSPS) is 16.1. The molecule has 14 heavy (non-hydrogen) atoms. The van der Waals surface area contributed by atoms with Crippen LogP contribution >= 0.6 is 0 Å². The van der Waals surface area contributed by atoms with E-state index in [0.29, 0.717) is 4.48 Å². The van der Waals surface area contributed by atoms with Crippen LogP contribution < -0.4 is 5.11 Å². The van der Waals surface area contributed by atoms with Gasteiger partial charge >= 0.3 is 0 Å². The quantitative estimate of drug-likeness (QED) is 0.531. The first-order valence-electron chi connectivity index (χ1n) is 4.30. The molecular formula is C9H17NO4. The van der Waals surface area contributed by atoms with E-state index >= 15 is 0 Å². The van der Waals surface area contributed by atoms with Gasteiger partial charge in [0.25, 0.3) is 0 Å². The molecule has 0 saturated carbocycles. The van der Waals surface area contributed by atoms with E-state index in [9.17, 15) is 19.8 Å². The Morgan fingerprint density at radius 3 is 2.00 bits per heavy atom. The second kappa shape index (κ2) is 4.06. The van der Waals surface area contributed by atoms with Gasteiger partial charge in [-0.05, 0) is 6.92 Å². The lowest BCUT2D eigenvalue weighted by Gasteiger charge is -2.34. The van der Waals surface area contributed by atoms with Crippen LogP contribution in [0.3, 0.4) is 0 Å². The number of aliphatic hydroxyl groups is 1. The third-order valence-corrected chi connectivity index (χ3v) is 1.83. The van der Waals surface area contributed by atoms with Crippen molar-refractivity contribution in [3.8, 4) is 0 Å². The lowest BCUT2D eigenvalue weighted by atomic mass is 9.66. The summed E-state index contributed by atoms with van der Waals surface area (Å²) in [5.74, 6) is -1.97. The number of likely N-dealkylation sites (N-methyl/N-ethyl adjacent to an activating group) is 1. The number of rotatable bonds is 5. The molecule has 0 bridgehead atoms. The summed E-state index contributed by atoms with van der Waals surface area (Å²) < 4.78 is 0.309. The first-order chi connectivity index (χ1) is 6.07. The molecule has 5 heteroatoms. The standard InChI is InChI=1S/C9H17NO4/c1-7(11)9(14,5-8(12)13)6-10(2,3)4/h14H,5-6H2,1-4H3/i7-1. The summed E-state index contributed by atoms with van der Waals surface area (Å²) in [6, 6.07) is 0. The van der Waals surface area contributed by atoms with Crippen molar-refractivity contribution >= 4 is 11.8 Å². The number of ketones is 1. The minimum atomic E-state index is -1.82. The number of aliphatic carboxylic acids is 1. The largest absolute Gasteiger partial charge is 0.550 e. The monoisotopic (exact) mass is 202 g/mol. The number of hydrogen-bond acceptors (Lipinski definition) is 4. The van der Waals surface area contributed by atoms with Gasteiger partial charge in [0.2, 0.25) is 0 Å². The number of carboxylic acids is 1. The molecular weight excluding hydrogens is 185 g/mol.